The van der Waals surface area contributed by atoms with Gasteiger partial charge in [-0.2, -0.15) is 0 Å². The van der Waals surface area contributed by atoms with Gasteiger partial charge in [-0.15, -0.1) is 0 Å². The largest absolute Gasteiger partial charge is 0.495 e. The summed E-state index contributed by atoms with van der Waals surface area (Å²) in [5.41, 5.74) is 1.63. The maximum Gasteiger partial charge on any atom is 0.265 e. The topological polar surface area (TPSA) is 81.4 Å². The van der Waals surface area contributed by atoms with Crippen LogP contribution >= 0.6 is 11.6 Å². The molecular formula is C17H15ClN2O4S. The first-order valence-corrected chi connectivity index (χ1v) is 9.15. The number of benzene rings is 2. The fraction of sp³-hybridized carbons (Fsp3) is 0.118. The van der Waals surface area contributed by atoms with Crippen LogP contribution in [0.2, 0.25) is 5.02 Å². The first-order valence-electron chi connectivity index (χ1n) is 7.29. The molecule has 0 amide bonds. The Labute approximate surface area is 150 Å². The summed E-state index contributed by atoms with van der Waals surface area (Å²) in [6.45, 7) is 1.79. The molecule has 0 fully saturated rings. The van der Waals surface area contributed by atoms with Crippen LogP contribution < -0.4 is 9.46 Å². The van der Waals surface area contributed by atoms with Gasteiger partial charge in [-0.1, -0.05) is 22.8 Å². The zero-order valence-electron chi connectivity index (χ0n) is 13.5. The number of rotatable bonds is 5. The molecule has 130 valence electrons. The summed E-state index contributed by atoms with van der Waals surface area (Å²) in [5, 5.41) is 4.25. The molecule has 0 spiro atoms. The summed E-state index contributed by atoms with van der Waals surface area (Å²) in [4.78, 5) is -0.0125. The number of aromatic nitrogens is 1. The lowest BCUT2D eigenvalue weighted by Crippen LogP contribution is -2.14. The molecule has 3 rings (SSSR count). The monoisotopic (exact) mass is 378 g/mol. The molecule has 0 saturated carbocycles. The average molecular weight is 379 g/mol. The summed E-state index contributed by atoms with van der Waals surface area (Å²) < 4.78 is 38.5. The predicted molar refractivity (Wildman–Crippen MR) is 95.5 cm³/mol. The van der Waals surface area contributed by atoms with Crippen molar-refractivity contribution in [1.82, 2.24) is 5.16 Å². The van der Waals surface area contributed by atoms with Crippen molar-refractivity contribution >= 4 is 27.3 Å². The van der Waals surface area contributed by atoms with Crippen LogP contribution in [0.3, 0.4) is 0 Å². The van der Waals surface area contributed by atoms with E-state index >= 15 is 0 Å². The second-order valence-electron chi connectivity index (χ2n) is 5.31. The molecule has 2 aromatic carbocycles. The predicted octanol–water partition coefficient (Wildman–Crippen LogP) is 4.11. The quantitative estimate of drug-likeness (QED) is 0.722. The van der Waals surface area contributed by atoms with Crippen LogP contribution in [-0.4, -0.2) is 20.7 Å². The Bertz CT molecular complexity index is 1010. The van der Waals surface area contributed by atoms with E-state index in [1.54, 1.807) is 43.3 Å². The summed E-state index contributed by atoms with van der Waals surface area (Å²) in [7, 11) is -2.48. The smallest absolute Gasteiger partial charge is 0.265 e. The molecule has 25 heavy (non-hydrogen) atoms. The van der Waals surface area contributed by atoms with Crippen molar-refractivity contribution in [2.45, 2.75) is 11.8 Å². The normalized spacial score (nSPS) is 11.3. The molecular weight excluding hydrogens is 364 g/mol. The second kappa shape index (κ2) is 6.78. The number of sulfonamides is 1. The van der Waals surface area contributed by atoms with Crippen LogP contribution in [0, 0.1) is 6.92 Å². The van der Waals surface area contributed by atoms with Gasteiger partial charge < -0.3 is 9.26 Å². The summed E-state index contributed by atoms with van der Waals surface area (Å²) >= 11 is 5.91. The maximum absolute atomic E-state index is 12.8. The molecule has 0 radical (unpaired) electrons. The van der Waals surface area contributed by atoms with Crippen molar-refractivity contribution in [2.24, 2.45) is 0 Å². The molecule has 1 heterocycles. The minimum atomic E-state index is -3.89. The third kappa shape index (κ3) is 3.78. The van der Waals surface area contributed by atoms with E-state index in [2.05, 4.69) is 9.88 Å². The highest BCUT2D eigenvalue weighted by molar-refractivity contribution is 7.92. The fourth-order valence-electron chi connectivity index (χ4n) is 2.30. The van der Waals surface area contributed by atoms with E-state index in [1.807, 2.05) is 0 Å². The molecule has 0 aliphatic carbocycles. The molecule has 0 bridgehead atoms. The van der Waals surface area contributed by atoms with Gasteiger partial charge in [0.05, 0.1) is 18.5 Å². The van der Waals surface area contributed by atoms with Gasteiger partial charge in [0.15, 0.2) is 5.76 Å². The standard InChI is InChI=1S/C17H15ClN2O4S/c1-11-8-16(24-19-11)12-6-7-15(23-2)17(9-12)25(21,22)20-14-5-3-4-13(18)10-14/h3-10,20H,1-2H3. The van der Waals surface area contributed by atoms with Crippen LogP contribution in [0.4, 0.5) is 5.69 Å². The van der Waals surface area contributed by atoms with Gasteiger partial charge in [-0.3, -0.25) is 4.72 Å². The molecule has 8 heteroatoms. The van der Waals surface area contributed by atoms with E-state index in [4.69, 9.17) is 20.9 Å². The Morgan fingerprint density at radius 3 is 2.60 bits per heavy atom. The lowest BCUT2D eigenvalue weighted by Gasteiger charge is -2.12. The van der Waals surface area contributed by atoms with Gasteiger partial charge in [0.1, 0.15) is 10.6 Å². The Balaban J connectivity index is 2.04. The highest BCUT2D eigenvalue weighted by Gasteiger charge is 2.21. The van der Waals surface area contributed by atoms with Gasteiger partial charge >= 0.3 is 0 Å². The van der Waals surface area contributed by atoms with Crippen LogP contribution in [0.1, 0.15) is 5.69 Å². The number of methoxy groups -OCH3 is 1. The zero-order chi connectivity index (χ0) is 18.0. The van der Waals surface area contributed by atoms with Crippen molar-refractivity contribution in [3.05, 3.63) is 59.2 Å². The molecule has 1 N–H and O–H groups in total. The molecule has 0 aliphatic rings. The van der Waals surface area contributed by atoms with E-state index in [-0.39, 0.29) is 10.6 Å². The number of ether oxygens (including phenoxy) is 1. The molecule has 1 aromatic heterocycles. The Hall–Kier alpha value is -2.51. The number of anilines is 1. The number of hydrogen-bond donors (Lipinski definition) is 1. The van der Waals surface area contributed by atoms with Gasteiger partial charge in [-0.25, -0.2) is 8.42 Å². The highest BCUT2D eigenvalue weighted by atomic mass is 35.5. The maximum atomic E-state index is 12.8. The first-order chi connectivity index (χ1) is 11.9. The zero-order valence-corrected chi connectivity index (χ0v) is 15.1. The molecule has 0 saturated heterocycles. The fourth-order valence-corrected chi connectivity index (χ4v) is 3.74. The van der Waals surface area contributed by atoms with Crippen LogP contribution in [-0.2, 0) is 10.0 Å². The van der Waals surface area contributed by atoms with Crippen LogP contribution in [0.25, 0.3) is 11.3 Å². The Morgan fingerprint density at radius 1 is 1.16 bits per heavy atom. The van der Waals surface area contributed by atoms with Crippen LogP contribution in [0.5, 0.6) is 5.75 Å². The second-order valence-corrected chi connectivity index (χ2v) is 7.40. The summed E-state index contributed by atoms with van der Waals surface area (Å²) in [6.07, 6.45) is 0. The van der Waals surface area contributed by atoms with Crippen molar-refractivity contribution in [3.8, 4) is 17.1 Å². The SMILES string of the molecule is COc1ccc(-c2cc(C)no2)cc1S(=O)(=O)Nc1cccc(Cl)c1. The van der Waals surface area contributed by atoms with E-state index in [0.29, 0.717) is 27.7 Å². The number of hydrogen-bond acceptors (Lipinski definition) is 5. The van der Waals surface area contributed by atoms with Crippen molar-refractivity contribution in [1.29, 1.82) is 0 Å². The minimum absolute atomic E-state index is 0.0125. The van der Waals surface area contributed by atoms with Gasteiger partial charge in [-0.05, 0) is 43.3 Å². The number of nitrogens with one attached hydrogen (secondary N) is 1. The highest BCUT2D eigenvalue weighted by Crippen LogP contribution is 2.31. The third-order valence-electron chi connectivity index (χ3n) is 3.44. The first kappa shape index (κ1) is 17.3. The average Bonchev–Trinajstić information content (AvgIpc) is 3.00. The van der Waals surface area contributed by atoms with E-state index in [9.17, 15) is 8.42 Å². The summed E-state index contributed by atoms with van der Waals surface area (Å²) in [6, 6.07) is 12.9. The molecule has 0 atom stereocenters. The van der Waals surface area contributed by atoms with Gasteiger partial charge in [0.25, 0.3) is 10.0 Å². The van der Waals surface area contributed by atoms with Gasteiger partial charge in [0.2, 0.25) is 0 Å². The van der Waals surface area contributed by atoms with E-state index < -0.39 is 10.0 Å². The van der Waals surface area contributed by atoms with Crippen LogP contribution in [0.15, 0.2) is 57.9 Å². The third-order valence-corrected chi connectivity index (χ3v) is 5.08. The van der Waals surface area contributed by atoms with E-state index in [1.165, 1.54) is 19.2 Å². The Morgan fingerprint density at radius 2 is 1.96 bits per heavy atom. The van der Waals surface area contributed by atoms with Crippen molar-refractivity contribution in [2.75, 3.05) is 11.8 Å². The number of halogens is 1. The van der Waals surface area contributed by atoms with Crippen molar-refractivity contribution in [3.63, 3.8) is 0 Å². The number of aryl methyl sites for hydroxylation is 1. The summed E-state index contributed by atoms with van der Waals surface area (Å²) in [5.74, 6) is 0.689. The molecule has 6 nitrogen and oxygen atoms in total. The molecule has 3 aromatic rings. The lowest BCUT2D eigenvalue weighted by atomic mass is 10.1. The van der Waals surface area contributed by atoms with Crippen molar-refractivity contribution < 1.29 is 17.7 Å². The number of nitrogens with zero attached hydrogens (tertiary/aromatic N) is 1. The molecule has 0 unspecified atom stereocenters. The minimum Gasteiger partial charge on any atom is -0.495 e. The Kier molecular flexibility index (Phi) is 4.69. The van der Waals surface area contributed by atoms with Gasteiger partial charge in [0, 0.05) is 16.7 Å². The molecule has 0 aliphatic heterocycles. The van der Waals surface area contributed by atoms with E-state index in [0.717, 1.165) is 0 Å². The lowest BCUT2D eigenvalue weighted by molar-refractivity contribution is 0.402.